The van der Waals surface area contributed by atoms with Crippen molar-refractivity contribution in [3.63, 3.8) is 0 Å². The number of hydrogen-bond acceptors (Lipinski definition) is 6. The van der Waals surface area contributed by atoms with Gasteiger partial charge in [0.2, 0.25) is 15.9 Å². The lowest BCUT2D eigenvalue weighted by atomic mass is 10.1. The van der Waals surface area contributed by atoms with E-state index in [0.29, 0.717) is 11.6 Å². The van der Waals surface area contributed by atoms with Gasteiger partial charge >= 0.3 is 6.18 Å². The van der Waals surface area contributed by atoms with E-state index < -0.39 is 27.5 Å². The Morgan fingerprint density at radius 3 is 2.32 bits per heavy atom. The third-order valence-electron chi connectivity index (χ3n) is 4.69. The molecule has 0 radical (unpaired) electrons. The summed E-state index contributed by atoms with van der Waals surface area (Å²) in [5, 5.41) is 0. The van der Waals surface area contributed by atoms with Crippen LogP contribution in [0.5, 0.6) is 11.6 Å². The molecular weight excluding hydrogens is 471 g/mol. The van der Waals surface area contributed by atoms with E-state index in [4.69, 9.17) is 4.74 Å². The molecule has 176 valence electrons. The summed E-state index contributed by atoms with van der Waals surface area (Å²) in [5.74, 6) is 1.55. The molecular formula is C22H18F3N5O3S. The molecule has 2 heterocycles. The Bertz CT molecular complexity index is 1390. The Kier molecular flexibility index (Phi) is 6.24. The zero-order valence-corrected chi connectivity index (χ0v) is 18.5. The van der Waals surface area contributed by atoms with Crippen molar-refractivity contribution in [3.05, 3.63) is 90.3 Å². The summed E-state index contributed by atoms with van der Waals surface area (Å²) in [5.41, 5.74) is -0.335. The average Bonchev–Trinajstić information content (AvgIpc) is 3.20. The number of rotatable bonds is 7. The summed E-state index contributed by atoms with van der Waals surface area (Å²) in [6.45, 7) is 1.83. The number of halogens is 3. The summed E-state index contributed by atoms with van der Waals surface area (Å²) in [6.07, 6.45) is 0.279. The van der Waals surface area contributed by atoms with Crippen molar-refractivity contribution in [2.45, 2.75) is 18.9 Å². The molecule has 0 unspecified atom stereocenters. The highest BCUT2D eigenvalue weighted by atomic mass is 32.2. The number of imidazole rings is 1. The summed E-state index contributed by atoms with van der Waals surface area (Å²) in [7, 11) is -3.84. The lowest BCUT2D eigenvalue weighted by molar-refractivity contribution is -0.137. The molecule has 2 aromatic heterocycles. The Hall–Kier alpha value is -3.93. The zero-order valence-electron chi connectivity index (χ0n) is 17.7. The molecule has 4 aromatic rings. The first kappa shape index (κ1) is 23.2. The van der Waals surface area contributed by atoms with Crippen LogP contribution < -0.4 is 9.46 Å². The molecule has 12 heteroatoms. The topological polar surface area (TPSA) is 99.0 Å². The fraction of sp³-hybridized carbons (Fsp3) is 0.136. The SMILES string of the molecule is Cc1nccn1-c1cc(Oc2ccc(NS(=O)(=O)Cc3ccc(C(F)(F)F)cc3)cc2)ncn1. The summed E-state index contributed by atoms with van der Waals surface area (Å²) in [4.78, 5) is 12.4. The predicted octanol–water partition coefficient (Wildman–Crippen LogP) is 4.72. The van der Waals surface area contributed by atoms with E-state index >= 15 is 0 Å². The lowest BCUT2D eigenvalue weighted by Gasteiger charge is -2.11. The van der Waals surface area contributed by atoms with E-state index in [0.717, 1.165) is 30.1 Å². The molecule has 0 atom stereocenters. The van der Waals surface area contributed by atoms with Gasteiger partial charge in [0.1, 0.15) is 23.7 Å². The molecule has 2 aromatic carbocycles. The van der Waals surface area contributed by atoms with E-state index in [-0.39, 0.29) is 17.1 Å². The molecule has 0 saturated heterocycles. The van der Waals surface area contributed by atoms with Gasteiger partial charge in [-0.1, -0.05) is 12.1 Å². The van der Waals surface area contributed by atoms with Gasteiger partial charge in [0.25, 0.3) is 0 Å². The molecule has 0 aliphatic carbocycles. The second-order valence-corrected chi connectivity index (χ2v) is 8.96. The highest BCUT2D eigenvalue weighted by Gasteiger charge is 2.30. The normalized spacial score (nSPS) is 11.9. The van der Waals surface area contributed by atoms with Gasteiger partial charge in [0.15, 0.2) is 0 Å². The predicted molar refractivity (Wildman–Crippen MR) is 118 cm³/mol. The molecule has 0 fully saturated rings. The zero-order chi connectivity index (χ0) is 24.3. The van der Waals surface area contributed by atoms with Crippen LogP contribution in [-0.4, -0.2) is 27.9 Å². The fourth-order valence-electron chi connectivity index (χ4n) is 3.07. The van der Waals surface area contributed by atoms with Crippen molar-refractivity contribution >= 4 is 15.7 Å². The first-order chi connectivity index (χ1) is 16.1. The number of sulfonamides is 1. The molecule has 0 aliphatic rings. The molecule has 0 bridgehead atoms. The smallest absolute Gasteiger partial charge is 0.416 e. The molecule has 0 aliphatic heterocycles. The summed E-state index contributed by atoms with van der Waals surface area (Å²) in [6, 6.07) is 11.7. The highest BCUT2D eigenvalue weighted by molar-refractivity contribution is 7.91. The highest BCUT2D eigenvalue weighted by Crippen LogP contribution is 2.29. The van der Waals surface area contributed by atoms with Gasteiger partial charge in [0, 0.05) is 24.1 Å². The van der Waals surface area contributed by atoms with E-state index in [1.54, 1.807) is 35.2 Å². The fourth-order valence-corrected chi connectivity index (χ4v) is 4.27. The largest absolute Gasteiger partial charge is 0.439 e. The number of hydrogen-bond donors (Lipinski definition) is 1. The van der Waals surface area contributed by atoms with Gasteiger partial charge in [-0.15, -0.1) is 0 Å². The average molecular weight is 489 g/mol. The van der Waals surface area contributed by atoms with Crippen molar-refractivity contribution < 1.29 is 26.3 Å². The van der Waals surface area contributed by atoms with Crippen molar-refractivity contribution in [2.24, 2.45) is 0 Å². The van der Waals surface area contributed by atoms with Gasteiger partial charge in [-0.25, -0.2) is 23.4 Å². The number of ether oxygens (including phenoxy) is 1. The van der Waals surface area contributed by atoms with E-state index in [1.807, 2.05) is 6.92 Å². The number of benzene rings is 2. The van der Waals surface area contributed by atoms with Crippen LogP contribution in [0, 0.1) is 6.92 Å². The Labute approximate surface area is 193 Å². The maximum atomic E-state index is 12.7. The minimum Gasteiger partial charge on any atom is -0.439 e. The number of alkyl halides is 3. The van der Waals surface area contributed by atoms with Gasteiger partial charge in [0.05, 0.1) is 11.3 Å². The van der Waals surface area contributed by atoms with Gasteiger partial charge in [-0.3, -0.25) is 9.29 Å². The molecule has 4 rings (SSSR count). The van der Waals surface area contributed by atoms with Crippen molar-refractivity contribution in [1.82, 2.24) is 19.5 Å². The quantitative estimate of drug-likeness (QED) is 0.403. The number of nitrogens with one attached hydrogen (secondary N) is 1. The van der Waals surface area contributed by atoms with Crippen molar-refractivity contribution in [1.29, 1.82) is 0 Å². The minimum atomic E-state index is -4.48. The number of aromatic nitrogens is 4. The van der Waals surface area contributed by atoms with Crippen LogP contribution in [0.25, 0.3) is 5.82 Å². The van der Waals surface area contributed by atoms with Crippen LogP contribution in [0.2, 0.25) is 0 Å². The monoisotopic (exact) mass is 489 g/mol. The Balaban J connectivity index is 1.40. The minimum absolute atomic E-state index is 0.230. The first-order valence-corrected chi connectivity index (χ1v) is 11.5. The number of anilines is 1. The number of aryl methyl sites for hydroxylation is 1. The number of nitrogens with zero attached hydrogens (tertiary/aromatic N) is 4. The van der Waals surface area contributed by atoms with Crippen LogP contribution in [-0.2, 0) is 22.0 Å². The molecule has 34 heavy (non-hydrogen) atoms. The second kappa shape index (κ2) is 9.14. The van der Waals surface area contributed by atoms with Crippen LogP contribution in [0.1, 0.15) is 17.0 Å². The lowest BCUT2D eigenvalue weighted by Crippen LogP contribution is -2.15. The van der Waals surface area contributed by atoms with Crippen molar-refractivity contribution in [2.75, 3.05) is 4.72 Å². The van der Waals surface area contributed by atoms with E-state index in [2.05, 4.69) is 19.7 Å². The van der Waals surface area contributed by atoms with E-state index in [1.165, 1.54) is 18.5 Å². The van der Waals surface area contributed by atoms with Crippen LogP contribution >= 0.6 is 0 Å². The van der Waals surface area contributed by atoms with E-state index in [9.17, 15) is 21.6 Å². The second-order valence-electron chi connectivity index (χ2n) is 7.24. The van der Waals surface area contributed by atoms with Crippen LogP contribution in [0.3, 0.4) is 0 Å². The van der Waals surface area contributed by atoms with Gasteiger partial charge in [-0.2, -0.15) is 13.2 Å². The summed E-state index contributed by atoms with van der Waals surface area (Å²) < 4.78 is 72.7. The summed E-state index contributed by atoms with van der Waals surface area (Å²) >= 11 is 0. The molecule has 0 saturated carbocycles. The molecule has 0 amide bonds. The van der Waals surface area contributed by atoms with Gasteiger partial charge in [-0.05, 0) is 48.9 Å². The Morgan fingerprint density at radius 1 is 1.00 bits per heavy atom. The molecule has 0 spiro atoms. The van der Waals surface area contributed by atoms with Gasteiger partial charge < -0.3 is 4.74 Å². The maximum absolute atomic E-state index is 12.7. The third-order valence-corrected chi connectivity index (χ3v) is 5.95. The third kappa shape index (κ3) is 5.70. The molecule has 8 nitrogen and oxygen atoms in total. The Morgan fingerprint density at radius 2 is 1.71 bits per heavy atom. The first-order valence-electron chi connectivity index (χ1n) is 9.86. The standard InChI is InChI=1S/C22H18F3N5O3S/c1-15-26-10-11-30(15)20-12-21(28-14-27-20)33-19-8-6-18(7-9-19)29-34(31,32)13-16-2-4-17(5-3-16)22(23,24)25/h2-12,14,29H,13H2,1H3. The van der Waals surface area contributed by atoms with Crippen LogP contribution in [0.15, 0.2) is 73.3 Å². The van der Waals surface area contributed by atoms with Crippen LogP contribution in [0.4, 0.5) is 18.9 Å². The molecule has 1 N–H and O–H groups in total. The maximum Gasteiger partial charge on any atom is 0.416 e. The van der Waals surface area contributed by atoms with Crippen molar-refractivity contribution in [3.8, 4) is 17.4 Å².